The maximum Gasteiger partial charge on any atom is 0.113 e. The van der Waals surface area contributed by atoms with Gasteiger partial charge in [-0.25, -0.2) is 0 Å². The van der Waals surface area contributed by atoms with E-state index in [1.54, 1.807) is 28.7 Å². The lowest BCUT2D eigenvalue weighted by Crippen LogP contribution is -1.81. The molecule has 0 radical (unpaired) electrons. The third-order valence-electron chi connectivity index (χ3n) is 0.711. The van der Waals surface area contributed by atoms with Gasteiger partial charge in [-0.3, -0.25) is 0 Å². The lowest BCUT2D eigenvalue weighted by molar-refractivity contribution is 0.297. The first-order valence-corrected chi connectivity index (χ1v) is 4.33. The van der Waals surface area contributed by atoms with E-state index in [1.807, 2.05) is 5.41 Å². The third-order valence-corrected chi connectivity index (χ3v) is 2.66. The van der Waals surface area contributed by atoms with Crippen molar-refractivity contribution in [1.82, 2.24) is 0 Å². The summed E-state index contributed by atoms with van der Waals surface area (Å²) < 4.78 is 4.93. The monoisotopic (exact) mass is 134 g/mol. The molecule has 1 aliphatic heterocycles. The highest BCUT2D eigenvalue weighted by Crippen LogP contribution is 2.33. The Morgan fingerprint density at radius 3 is 3.00 bits per heavy atom. The standard InChI is InChI=1S/C4H6OS2/c1-5-4-2-6-7-3-4/h2H,3H2,1H3. The first-order chi connectivity index (χ1) is 3.43. The molecule has 1 rings (SSSR count). The average Bonchev–Trinajstić information content (AvgIpc) is 2.14. The van der Waals surface area contributed by atoms with Crippen molar-refractivity contribution in [3.63, 3.8) is 0 Å². The predicted molar refractivity (Wildman–Crippen MR) is 35.1 cm³/mol. The summed E-state index contributed by atoms with van der Waals surface area (Å²) >= 11 is 0. The summed E-state index contributed by atoms with van der Waals surface area (Å²) in [5, 5.41) is 2.03. The van der Waals surface area contributed by atoms with E-state index in [9.17, 15) is 0 Å². The molecule has 3 heteroatoms. The Bertz CT molecular complexity index is 89.7. The number of hydrogen-bond donors (Lipinski definition) is 0. The van der Waals surface area contributed by atoms with Crippen LogP contribution in [0.4, 0.5) is 0 Å². The summed E-state index contributed by atoms with van der Waals surface area (Å²) in [4.78, 5) is 0. The van der Waals surface area contributed by atoms with Gasteiger partial charge >= 0.3 is 0 Å². The Labute approximate surface area is 50.9 Å². The SMILES string of the molecule is COC1=CSSC1. The molecule has 0 spiro atoms. The number of methoxy groups -OCH3 is 1. The van der Waals surface area contributed by atoms with Crippen LogP contribution in [0.15, 0.2) is 11.2 Å². The number of hydrogen-bond acceptors (Lipinski definition) is 3. The topological polar surface area (TPSA) is 9.23 Å². The van der Waals surface area contributed by atoms with Gasteiger partial charge in [0.25, 0.3) is 0 Å². The summed E-state index contributed by atoms with van der Waals surface area (Å²) in [6.07, 6.45) is 0. The molecule has 40 valence electrons. The van der Waals surface area contributed by atoms with Crippen LogP contribution in [0.1, 0.15) is 0 Å². The molecule has 0 fully saturated rings. The van der Waals surface area contributed by atoms with Gasteiger partial charge < -0.3 is 4.74 Å². The van der Waals surface area contributed by atoms with E-state index in [0.29, 0.717) is 0 Å². The van der Waals surface area contributed by atoms with Crippen LogP contribution in [0.25, 0.3) is 0 Å². The molecule has 0 aliphatic carbocycles. The van der Waals surface area contributed by atoms with Crippen molar-refractivity contribution < 1.29 is 4.74 Å². The van der Waals surface area contributed by atoms with Crippen LogP contribution >= 0.6 is 21.6 Å². The van der Waals surface area contributed by atoms with E-state index in [2.05, 4.69) is 0 Å². The molecule has 0 N–H and O–H groups in total. The molecular formula is C4H6OS2. The minimum absolute atomic E-state index is 1.03. The van der Waals surface area contributed by atoms with Crippen molar-refractivity contribution in [3.8, 4) is 0 Å². The van der Waals surface area contributed by atoms with E-state index in [4.69, 9.17) is 4.74 Å². The van der Waals surface area contributed by atoms with Gasteiger partial charge in [-0.15, -0.1) is 0 Å². The second-order valence-corrected chi connectivity index (χ2v) is 3.38. The quantitative estimate of drug-likeness (QED) is 0.507. The van der Waals surface area contributed by atoms with Crippen LogP contribution < -0.4 is 0 Å². The van der Waals surface area contributed by atoms with Gasteiger partial charge in [-0.2, -0.15) is 0 Å². The minimum atomic E-state index is 1.03. The second kappa shape index (κ2) is 2.52. The van der Waals surface area contributed by atoms with Crippen LogP contribution in [-0.4, -0.2) is 12.9 Å². The van der Waals surface area contributed by atoms with E-state index in [-0.39, 0.29) is 0 Å². The van der Waals surface area contributed by atoms with Crippen molar-refractivity contribution >= 4 is 21.6 Å². The van der Waals surface area contributed by atoms with Gasteiger partial charge in [0.2, 0.25) is 0 Å². The zero-order valence-electron chi connectivity index (χ0n) is 4.01. The van der Waals surface area contributed by atoms with Crippen LogP contribution in [0.2, 0.25) is 0 Å². The summed E-state index contributed by atoms with van der Waals surface area (Å²) in [5.41, 5.74) is 0. The minimum Gasteiger partial charge on any atom is -0.500 e. The molecule has 1 aliphatic rings. The fourth-order valence-electron chi connectivity index (χ4n) is 0.321. The molecule has 0 amide bonds. The van der Waals surface area contributed by atoms with E-state index < -0.39 is 0 Å². The molecule has 0 bridgehead atoms. The maximum absolute atomic E-state index is 4.93. The fourth-order valence-corrected chi connectivity index (χ4v) is 2.25. The second-order valence-electron chi connectivity index (χ2n) is 1.15. The average molecular weight is 134 g/mol. The molecule has 0 atom stereocenters. The molecule has 0 aromatic heterocycles. The Kier molecular flexibility index (Phi) is 1.94. The number of ether oxygens (including phenoxy) is 1. The van der Waals surface area contributed by atoms with E-state index in [1.165, 1.54) is 0 Å². The largest absolute Gasteiger partial charge is 0.500 e. The van der Waals surface area contributed by atoms with Crippen molar-refractivity contribution in [3.05, 3.63) is 11.2 Å². The van der Waals surface area contributed by atoms with Crippen LogP contribution in [0.5, 0.6) is 0 Å². The molecule has 0 unspecified atom stereocenters. The third kappa shape index (κ3) is 1.31. The maximum atomic E-state index is 4.93. The summed E-state index contributed by atoms with van der Waals surface area (Å²) in [6.45, 7) is 0. The van der Waals surface area contributed by atoms with Gasteiger partial charge in [0.15, 0.2) is 0 Å². The molecule has 1 heterocycles. The van der Waals surface area contributed by atoms with E-state index >= 15 is 0 Å². The van der Waals surface area contributed by atoms with Crippen molar-refractivity contribution in [2.75, 3.05) is 12.9 Å². The lowest BCUT2D eigenvalue weighted by atomic mass is 10.7. The molecule has 0 saturated carbocycles. The number of rotatable bonds is 1. The molecule has 7 heavy (non-hydrogen) atoms. The highest BCUT2D eigenvalue weighted by molar-refractivity contribution is 8.78. The van der Waals surface area contributed by atoms with Gasteiger partial charge in [0.05, 0.1) is 12.9 Å². The Balaban J connectivity index is 2.36. The highest BCUT2D eigenvalue weighted by Gasteiger charge is 2.02. The first kappa shape index (κ1) is 5.38. The first-order valence-electron chi connectivity index (χ1n) is 1.95. The smallest absolute Gasteiger partial charge is 0.113 e. The van der Waals surface area contributed by atoms with Gasteiger partial charge in [-0.1, -0.05) is 21.6 Å². The molecule has 0 aromatic rings. The Morgan fingerprint density at radius 2 is 2.71 bits per heavy atom. The Hall–Kier alpha value is 0.240. The van der Waals surface area contributed by atoms with Crippen LogP contribution in [-0.2, 0) is 4.74 Å². The van der Waals surface area contributed by atoms with Gasteiger partial charge in [0.1, 0.15) is 5.76 Å². The molecule has 1 nitrogen and oxygen atoms in total. The summed E-state index contributed by atoms with van der Waals surface area (Å²) in [6, 6.07) is 0. The van der Waals surface area contributed by atoms with Gasteiger partial charge in [0, 0.05) is 5.41 Å². The summed E-state index contributed by atoms with van der Waals surface area (Å²) in [7, 11) is 5.25. The van der Waals surface area contributed by atoms with Crippen LogP contribution in [0, 0.1) is 0 Å². The fraction of sp³-hybridized carbons (Fsp3) is 0.500. The molecular weight excluding hydrogens is 128 g/mol. The van der Waals surface area contributed by atoms with E-state index in [0.717, 1.165) is 11.5 Å². The van der Waals surface area contributed by atoms with Crippen LogP contribution in [0.3, 0.4) is 0 Å². The molecule has 0 saturated heterocycles. The normalized spacial score (nSPS) is 19.3. The zero-order valence-corrected chi connectivity index (χ0v) is 5.64. The van der Waals surface area contributed by atoms with Crippen molar-refractivity contribution in [1.29, 1.82) is 0 Å². The molecule has 0 aromatic carbocycles. The lowest BCUT2D eigenvalue weighted by Gasteiger charge is -1.92. The van der Waals surface area contributed by atoms with Crippen molar-refractivity contribution in [2.24, 2.45) is 0 Å². The zero-order chi connectivity index (χ0) is 5.11. The summed E-state index contributed by atoms with van der Waals surface area (Å²) in [5.74, 6) is 2.12. The van der Waals surface area contributed by atoms with Crippen molar-refractivity contribution in [2.45, 2.75) is 0 Å². The van der Waals surface area contributed by atoms with Gasteiger partial charge in [-0.05, 0) is 0 Å². The predicted octanol–water partition coefficient (Wildman–Crippen LogP) is 1.87. The Morgan fingerprint density at radius 1 is 1.86 bits per heavy atom. The highest BCUT2D eigenvalue weighted by atomic mass is 33.1.